The molecule has 0 aromatic heterocycles. The molecule has 0 aromatic carbocycles. The fraction of sp³-hybridized carbons (Fsp3) is 0.923. The Morgan fingerprint density at radius 3 is 2.89 bits per heavy atom. The molecule has 0 radical (unpaired) electrons. The molecule has 2 N–H and O–H groups in total. The lowest BCUT2D eigenvalue weighted by molar-refractivity contribution is -0.132. The molecule has 2 unspecified atom stereocenters. The zero-order valence-corrected chi connectivity index (χ0v) is 13.0. The van der Waals surface area contributed by atoms with Crippen LogP contribution in [-0.2, 0) is 4.79 Å². The normalized spacial score (nSPS) is 32.7. The summed E-state index contributed by atoms with van der Waals surface area (Å²) in [7, 11) is 0. The molecule has 1 amide bonds. The van der Waals surface area contributed by atoms with Gasteiger partial charge in [-0.15, -0.1) is 0 Å². The molecule has 104 valence electrons. The first kappa shape index (κ1) is 14.5. The SMILES string of the molecule is CC(C)C1(C(=O)NCC2CSCCS2)CCNC1. The van der Waals surface area contributed by atoms with Crippen molar-refractivity contribution in [3.63, 3.8) is 0 Å². The molecule has 2 atom stereocenters. The van der Waals surface area contributed by atoms with Gasteiger partial charge in [0.2, 0.25) is 5.91 Å². The Hall–Kier alpha value is 0.130. The van der Waals surface area contributed by atoms with E-state index in [-0.39, 0.29) is 11.3 Å². The average Bonchev–Trinajstić information content (AvgIpc) is 2.88. The van der Waals surface area contributed by atoms with Crippen LogP contribution in [-0.4, -0.2) is 48.0 Å². The van der Waals surface area contributed by atoms with Crippen LogP contribution in [0.3, 0.4) is 0 Å². The maximum absolute atomic E-state index is 12.5. The minimum absolute atomic E-state index is 0.174. The second-order valence-corrected chi connectivity index (χ2v) is 8.07. The van der Waals surface area contributed by atoms with Crippen LogP contribution < -0.4 is 10.6 Å². The standard InChI is InChI=1S/C13H24N2OS2/c1-10(2)13(3-4-14-9-13)12(16)15-7-11-8-17-5-6-18-11/h10-11,14H,3-9H2,1-2H3,(H,15,16). The summed E-state index contributed by atoms with van der Waals surface area (Å²) in [5.41, 5.74) is -0.174. The van der Waals surface area contributed by atoms with Crippen molar-refractivity contribution in [2.24, 2.45) is 11.3 Å². The quantitative estimate of drug-likeness (QED) is 0.824. The van der Waals surface area contributed by atoms with Crippen molar-refractivity contribution in [2.45, 2.75) is 25.5 Å². The molecular weight excluding hydrogens is 264 g/mol. The maximum Gasteiger partial charge on any atom is 0.227 e. The second-order valence-electron chi connectivity index (χ2n) is 5.52. The van der Waals surface area contributed by atoms with Crippen molar-refractivity contribution < 1.29 is 4.79 Å². The van der Waals surface area contributed by atoms with E-state index in [9.17, 15) is 4.79 Å². The largest absolute Gasteiger partial charge is 0.354 e. The molecule has 0 saturated carbocycles. The summed E-state index contributed by atoms with van der Waals surface area (Å²) in [6.45, 7) is 6.98. The van der Waals surface area contributed by atoms with Gasteiger partial charge < -0.3 is 10.6 Å². The van der Waals surface area contributed by atoms with Gasteiger partial charge >= 0.3 is 0 Å². The van der Waals surface area contributed by atoms with Gasteiger partial charge in [-0.25, -0.2) is 0 Å². The number of thioether (sulfide) groups is 2. The number of carbonyl (C=O) groups excluding carboxylic acids is 1. The minimum Gasteiger partial charge on any atom is -0.354 e. The lowest BCUT2D eigenvalue weighted by Gasteiger charge is -2.32. The van der Waals surface area contributed by atoms with E-state index >= 15 is 0 Å². The molecule has 2 rings (SSSR count). The first-order valence-corrected chi connectivity index (χ1v) is 9.04. The molecular formula is C13H24N2OS2. The highest BCUT2D eigenvalue weighted by Gasteiger charge is 2.43. The van der Waals surface area contributed by atoms with E-state index < -0.39 is 0 Å². The molecule has 0 spiro atoms. The molecule has 2 aliphatic rings. The number of amides is 1. The Balaban J connectivity index is 1.85. The van der Waals surface area contributed by atoms with Gasteiger partial charge in [0.15, 0.2) is 0 Å². The summed E-state index contributed by atoms with van der Waals surface area (Å²) in [4.78, 5) is 12.5. The average molecular weight is 288 g/mol. The molecule has 3 nitrogen and oxygen atoms in total. The first-order chi connectivity index (χ1) is 8.65. The number of nitrogens with one attached hydrogen (secondary N) is 2. The van der Waals surface area contributed by atoms with Crippen molar-refractivity contribution >= 4 is 29.4 Å². The smallest absolute Gasteiger partial charge is 0.227 e. The van der Waals surface area contributed by atoms with Gasteiger partial charge in [0.1, 0.15) is 0 Å². The Labute approximate surface area is 119 Å². The Kier molecular flexibility index (Phi) is 5.27. The van der Waals surface area contributed by atoms with Gasteiger partial charge in [-0.1, -0.05) is 13.8 Å². The molecule has 2 fully saturated rings. The zero-order valence-electron chi connectivity index (χ0n) is 11.3. The van der Waals surface area contributed by atoms with Gasteiger partial charge in [-0.05, 0) is 18.9 Å². The van der Waals surface area contributed by atoms with E-state index in [1.807, 2.05) is 23.5 Å². The highest BCUT2D eigenvalue weighted by Crippen LogP contribution is 2.34. The monoisotopic (exact) mass is 288 g/mol. The van der Waals surface area contributed by atoms with Crippen LogP contribution in [0.1, 0.15) is 20.3 Å². The summed E-state index contributed by atoms with van der Waals surface area (Å²) in [5, 5.41) is 7.15. The fourth-order valence-electron chi connectivity index (χ4n) is 2.70. The fourth-order valence-corrected chi connectivity index (χ4v) is 5.31. The van der Waals surface area contributed by atoms with Crippen LogP contribution in [0.4, 0.5) is 0 Å². The molecule has 0 aliphatic carbocycles. The maximum atomic E-state index is 12.5. The van der Waals surface area contributed by atoms with Gasteiger partial charge in [-0.3, -0.25) is 4.79 Å². The van der Waals surface area contributed by atoms with Crippen LogP contribution in [0.15, 0.2) is 0 Å². The highest BCUT2D eigenvalue weighted by atomic mass is 32.2. The zero-order chi connectivity index (χ0) is 13.0. The van der Waals surface area contributed by atoms with Gasteiger partial charge in [-0.2, -0.15) is 23.5 Å². The van der Waals surface area contributed by atoms with Crippen LogP contribution in [0.5, 0.6) is 0 Å². The van der Waals surface area contributed by atoms with E-state index in [4.69, 9.17) is 0 Å². The van der Waals surface area contributed by atoms with E-state index in [0.29, 0.717) is 11.2 Å². The third-order valence-corrected chi connectivity index (χ3v) is 6.97. The molecule has 5 heteroatoms. The van der Waals surface area contributed by atoms with Crippen molar-refractivity contribution in [3.8, 4) is 0 Å². The summed E-state index contributed by atoms with van der Waals surface area (Å²) < 4.78 is 0. The van der Waals surface area contributed by atoms with E-state index in [1.54, 1.807) is 0 Å². The number of rotatable bonds is 4. The third kappa shape index (κ3) is 3.17. The van der Waals surface area contributed by atoms with Gasteiger partial charge in [0, 0.05) is 35.6 Å². The van der Waals surface area contributed by atoms with Gasteiger partial charge in [0.25, 0.3) is 0 Å². The van der Waals surface area contributed by atoms with Crippen molar-refractivity contribution in [1.29, 1.82) is 0 Å². The van der Waals surface area contributed by atoms with Crippen LogP contribution >= 0.6 is 23.5 Å². The van der Waals surface area contributed by atoms with Crippen LogP contribution in [0.2, 0.25) is 0 Å². The number of hydrogen-bond acceptors (Lipinski definition) is 4. The molecule has 0 bridgehead atoms. The first-order valence-electron chi connectivity index (χ1n) is 6.83. The summed E-state index contributed by atoms with van der Waals surface area (Å²) in [6.07, 6.45) is 0.975. The second kappa shape index (κ2) is 6.53. The van der Waals surface area contributed by atoms with E-state index in [2.05, 4.69) is 24.5 Å². The van der Waals surface area contributed by atoms with Crippen molar-refractivity contribution in [1.82, 2.24) is 10.6 Å². The lowest BCUT2D eigenvalue weighted by Crippen LogP contribution is -2.48. The Morgan fingerprint density at radius 1 is 1.50 bits per heavy atom. The molecule has 0 aromatic rings. The van der Waals surface area contributed by atoms with E-state index in [1.165, 1.54) is 17.3 Å². The summed E-state index contributed by atoms with van der Waals surface area (Å²) >= 11 is 4.01. The van der Waals surface area contributed by atoms with Gasteiger partial charge in [0.05, 0.1) is 5.41 Å². The molecule has 2 saturated heterocycles. The number of hydrogen-bond donors (Lipinski definition) is 2. The molecule has 2 aliphatic heterocycles. The van der Waals surface area contributed by atoms with Crippen LogP contribution in [0.25, 0.3) is 0 Å². The minimum atomic E-state index is -0.174. The highest BCUT2D eigenvalue weighted by molar-refractivity contribution is 8.06. The van der Waals surface area contributed by atoms with Crippen molar-refractivity contribution in [3.05, 3.63) is 0 Å². The lowest BCUT2D eigenvalue weighted by atomic mass is 9.75. The van der Waals surface area contributed by atoms with E-state index in [0.717, 1.165) is 26.1 Å². The third-order valence-electron chi connectivity index (χ3n) is 4.12. The topological polar surface area (TPSA) is 41.1 Å². The summed E-state index contributed by atoms with van der Waals surface area (Å²) in [5.74, 6) is 4.33. The van der Waals surface area contributed by atoms with Crippen LogP contribution in [0, 0.1) is 11.3 Å². The Morgan fingerprint density at radius 2 is 2.33 bits per heavy atom. The molecule has 18 heavy (non-hydrogen) atoms. The molecule has 2 heterocycles. The number of carbonyl (C=O) groups is 1. The van der Waals surface area contributed by atoms with Crippen molar-refractivity contribution in [2.75, 3.05) is 36.9 Å². The Bertz CT molecular complexity index is 285. The summed E-state index contributed by atoms with van der Waals surface area (Å²) in [6, 6.07) is 0. The predicted octanol–water partition coefficient (Wildman–Crippen LogP) is 1.59. The predicted molar refractivity (Wildman–Crippen MR) is 81.3 cm³/mol.